The number of hydrogen-bond donors (Lipinski definition) is 0. The molecule has 0 fully saturated rings. The maximum absolute atomic E-state index is 12.9. The third-order valence-corrected chi connectivity index (χ3v) is 4.30. The fourth-order valence-corrected chi connectivity index (χ4v) is 3.20. The van der Waals surface area contributed by atoms with Gasteiger partial charge in [0.15, 0.2) is 0 Å². The molecule has 8 heteroatoms. The van der Waals surface area contributed by atoms with Crippen LogP contribution in [0, 0.1) is 0 Å². The molecule has 3 nitrogen and oxygen atoms in total. The summed E-state index contributed by atoms with van der Waals surface area (Å²) in [5.41, 5.74) is -1.21. The Bertz CT molecular complexity index is 629. The van der Waals surface area contributed by atoms with Crippen molar-refractivity contribution in [3.05, 3.63) is 34.5 Å². The zero-order valence-electron chi connectivity index (χ0n) is 10.1. The third kappa shape index (κ3) is 3.45. The average molecular weight is 319 g/mol. The third-order valence-electron chi connectivity index (χ3n) is 2.14. The first-order valence-corrected chi connectivity index (χ1v) is 7.04. The Morgan fingerprint density at radius 3 is 2.55 bits per heavy atom. The molecule has 0 atom stereocenters. The zero-order chi connectivity index (χ0) is 14.8. The first-order valence-electron chi connectivity index (χ1n) is 5.35. The summed E-state index contributed by atoms with van der Waals surface area (Å²) in [7, 11) is 0. The van der Waals surface area contributed by atoms with Crippen LogP contribution >= 0.6 is 22.7 Å². The summed E-state index contributed by atoms with van der Waals surface area (Å²) in [6.07, 6.45) is -4.69. The van der Waals surface area contributed by atoms with E-state index in [1.807, 2.05) is 17.5 Å². The number of carbonyl (C=O) groups excluding carboxylic acids is 1. The van der Waals surface area contributed by atoms with Gasteiger partial charge in [0.25, 0.3) is 0 Å². The monoisotopic (exact) mass is 319 g/mol. The molecule has 0 aliphatic carbocycles. The Labute approximate surface area is 120 Å². The largest absolute Gasteiger partial charge is 0.438 e. The summed E-state index contributed by atoms with van der Waals surface area (Å²) in [6.45, 7) is 0.989. The molecular formula is C12H8F3NO2S2. The molecule has 0 saturated heterocycles. The number of hydrogen-bond acceptors (Lipinski definition) is 5. The molecule has 2 aromatic heterocycles. The molecule has 20 heavy (non-hydrogen) atoms. The molecule has 0 unspecified atom stereocenters. The molecule has 0 saturated carbocycles. The van der Waals surface area contributed by atoms with Gasteiger partial charge in [0.1, 0.15) is 0 Å². The predicted molar refractivity (Wildman–Crippen MR) is 72.0 cm³/mol. The lowest BCUT2D eigenvalue weighted by Gasteiger charge is -2.07. The minimum Gasteiger partial charge on any atom is -0.318 e. The summed E-state index contributed by atoms with van der Waals surface area (Å²) < 4.78 is 38.7. The Kier molecular flexibility index (Phi) is 4.24. The number of thiophene rings is 2. The van der Waals surface area contributed by atoms with Crippen LogP contribution in [-0.2, 0) is 9.63 Å². The zero-order valence-corrected chi connectivity index (χ0v) is 11.7. The van der Waals surface area contributed by atoms with Crippen molar-refractivity contribution in [2.75, 3.05) is 0 Å². The summed E-state index contributed by atoms with van der Waals surface area (Å²) in [4.78, 5) is 16.2. The second kappa shape index (κ2) is 5.76. The molecule has 0 bridgehead atoms. The van der Waals surface area contributed by atoms with Gasteiger partial charge in [-0.25, -0.2) is 4.79 Å². The van der Waals surface area contributed by atoms with Crippen molar-refractivity contribution in [3.63, 3.8) is 0 Å². The van der Waals surface area contributed by atoms with Crippen molar-refractivity contribution in [2.24, 2.45) is 5.16 Å². The Balaban J connectivity index is 2.35. The van der Waals surface area contributed by atoms with Crippen molar-refractivity contribution in [1.29, 1.82) is 0 Å². The SMILES string of the molecule is CC(=O)O/N=C(/c1ccc(-c2cccs2)s1)C(F)(F)F. The highest BCUT2D eigenvalue weighted by Crippen LogP contribution is 2.34. The van der Waals surface area contributed by atoms with Crippen LogP contribution in [-0.4, -0.2) is 17.9 Å². The minimum absolute atomic E-state index is 0.0952. The van der Waals surface area contributed by atoms with E-state index in [-0.39, 0.29) is 4.88 Å². The maximum atomic E-state index is 12.9. The van der Waals surface area contributed by atoms with Gasteiger partial charge in [-0.05, 0) is 23.6 Å². The molecular weight excluding hydrogens is 311 g/mol. The molecule has 0 aromatic carbocycles. The molecule has 106 valence electrons. The maximum Gasteiger partial charge on any atom is 0.438 e. The van der Waals surface area contributed by atoms with E-state index >= 15 is 0 Å². The van der Waals surface area contributed by atoms with Gasteiger partial charge in [-0.15, -0.1) is 22.7 Å². The van der Waals surface area contributed by atoms with Gasteiger partial charge in [-0.3, -0.25) is 0 Å². The Morgan fingerprint density at radius 2 is 2.00 bits per heavy atom. The van der Waals surface area contributed by atoms with Gasteiger partial charge >= 0.3 is 12.1 Å². The lowest BCUT2D eigenvalue weighted by Crippen LogP contribution is -2.23. The highest BCUT2D eigenvalue weighted by molar-refractivity contribution is 7.22. The van der Waals surface area contributed by atoms with Crippen LogP contribution in [0.2, 0.25) is 0 Å². The number of halogens is 3. The van der Waals surface area contributed by atoms with Gasteiger partial charge in [0.2, 0.25) is 5.71 Å². The standard InChI is InChI=1S/C12H8F3NO2S2/c1-7(17)18-16-11(12(13,14)15)10-5-4-9(20-10)8-3-2-6-19-8/h2-6H,1H3/b16-11-. The molecule has 0 amide bonds. The molecule has 2 rings (SSSR count). The first kappa shape index (κ1) is 14.7. The van der Waals surface area contributed by atoms with E-state index in [2.05, 4.69) is 9.99 Å². The number of rotatable bonds is 3. The van der Waals surface area contributed by atoms with Gasteiger partial charge in [0.05, 0.1) is 4.88 Å². The smallest absolute Gasteiger partial charge is 0.318 e. The second-order valence-electron chi connectivity index (χ2n) is 3.66. The van der Waals surface area contributed by atoms with E-state index in [0.717, 1.165) is 23.1 Å². The lowest BCUT2D eigenvalue weighted by molar-refractivity contribution is -0.141. The molecule has 0 N–H and O–H groups in total. The minimum atomic E-state index is -4.69. The second-order valence-corrected chi connectivity index (χ2v) is 5.69. The van der Waals surface area contributed by atoms with Crippen LogP contribution in [0.5, 0.6) is 0 Å². The highest BCUT2D eigenvalue weighted by atomic mass is 32.1. The summed E-state index contributed by atoms with van der Waals surface area (Å²) in [5.74, 6) is -0.901. The summed E-state index contributed by atoms with van der Waals surface area (Å²) in [6, 6.07) is 6.53. The highest BCUT2D eigenvalue weighted by Gasteiger charge is 2.39. The van der Waals surface area contributed by atoms with Crippen LogP contribution < -0.4 is 0 Å². The van der Waals surface area contributed by atoms with Gasteiger partial charge in [-0.2, -0.15) is 13.2 Å². The van der Waals surface area contributed by atoms with Gasteiger partial charge in [0, 0.05) is 16.7 Å². The van der Waals surface area contributed by atoms with Crippen LogP contribution in [0.25, 0.3) is 9.75 Å². The van der Waals surface area contributed by atoms with E-state index in [1.54, 1.807) is 6.07 Å². The number of alkyl halides is 3. The molecule has 2 aromatic rings. The number of oxime groups is 1. The van der Waals surface area contributed by atoms with Crippen molar-refractivity contribution in [2.45, 2.75) is 13.1 Å². The fraction of sp³-hybridized carbons (Fsp3) is 0.167. The summed E-state index contributed by atoms with van der Waals surface area (Å²) >= 11 is 2.38. The fourth-order valence-electron chi connectivity index (χ4n) is 1.36. The van der Waals surface area contributed by atoms with Crippen molar-refractivity contribution in [3.8, 4) is 9.75 Å². The first-order chi connectivity index (χ1) is 9.38. The Morgan fingerprint density at radius 1 is 1.25 bits per heavy atom. The lowest BCUT2D eigenvalue weighted by atomic mass is 10.3. The van der Waals surface area contributed by atoms with Crippen LogP contribution in [0.1, 0.15) is 11.8 Å². The average Bonchev–Trinajstić information content (AvgIpc) is 2.96. The molecule has 2 heterocycles. The van der Waals surface area contributed by atoms with Crippen LogP contribution in [0.4, 0.5) is 13.2 Å². The predicted octanol–water partition coefficient (Wildman–Crippen LogP) is 4.31. The molecule has 0 aliphatic rings. The van der Waals surface area contributed by atoms with Crippen molar-refractivity contribution >= 4 is 34.4 Å². The van der Waals surface area contributed by atoms with Gasteiger partial charge in [-0.1, -0.05) is 11.2 Å². The quantitative estimate of drug-likeness (QED) is 0.480. The number of carbonyl (C=O) groups is 1. The topological polar surface area (TPSA) is 38.7 Å². The van der Waals surface area contributed by atoms with Gasteiger partial charge < -0.3 is 4.84 Å². The van der Waals surface area contributed by atoms with E-state index < -0.39 is 17.9 Å². The summed E-state index contributed by atoms with van der Waals surface area (Å²) in [5, 5.41) is 4.75. The number of nitrogens with zero attached hydrogens (tertiary/aromatic N) is 1. The molecule has 0 aliphatic heterocycles. The van der Waals surface area contributed by atoms with E-state index in [0.29, 0.717) is 4.88 Å². The van der Waals surface area contributed by atoms with E-state index in [4.69, 9.17) is 0 Å². The normalized spacial score (nSPS) is 12.5. The van der Waals surface area contributed by atoms with Crippen molar-refractivity contribution in [1.82, 2.24) is 0 Å². The van der Waals surface area contributed by atoms with E-state index in [1.165, 1.54) is 17.4 Å². The van der Waals surface area contributed by atoms with E-state index in [9.17, 15) is 18.0 Å². The molecule has 0 radical (unpaired) electrons. The Hall–Kier alpha value is -1.67. The van der Waals surface area contributed by atoms with Crippen LogP contribution in [0.15, 0.2) is 34.8 Å². The van der Waals surface area contributed by atoms with Crippen molar-refractivity contribution < 1.29 is 22.8 Å². The van der Waals surface area contributed by atoms with Crippen LogP contribution in [0.3, 0.4) is 0 Å². The molecule has 0 spiro atoms.